The highest BCUT2D eigenvalue weighted by molar-refractivity contribution is 8.00. The van der Waals surface area contributed by atoms with Crippen LogP contribution in [0.25, 0.3) is 0 Å². The smallest absolute Gasteiger partial charge is 0.221 e. The Balaban J connectivity index is -0.000000318. The summed E-state index contributed by atoms with van der Waals surface area (Å²) < 4.78 is 0.226. The van der Waals surface area contributed by atoms with Crippen LogP contribution in [0, 0.1) is 5.92 Å². The number of carbonyl (C=O) groups excluding carboxylic acids is 1. The number of hydrogen-bond acceptors (Lipinski definition) is 2. The third kappa shape index (κ3) is 20.0. The first-order chi connectivity index (χ1) is 6.83. The van der Waals surface area contributed by atoms with E-state index in [4.69, 9.17) is 5.73 Å². The molecule has 0 aromatic carbocycles. The minimum atomic E-state index is -0.207. The molecule has 0 spiro atoms. The molecule has 15 heavy (non-hydrogen) atoms. The van der Waals surface area contributed by atoms with E-state index in [2.05, 4.69) is 20.8 Å². The lowest BCUT2D eigenvalue weighted by Crippen LogP contribution is -2.24. The predicted molar refractivity (Wildman–Crippen MR) is 73.3 cm³/mol. The van der Waals surface area contributed by atoms with E-state index in [1.807, 2.05) is 34.6 Å². The molecule has 3 heteroatoms. The van der Waals surface area contributed by atoms with Crippen molar-refractivity contribution in [3.63, 3.8) is 0 Å². The number of nitrogens with two attached hydrogens (primary N) is 1. The van der Waals surface area contributed by atoms with Gasteiger partial charge in [0.1, 0.15) is 0 Å². The lowest BCUT2D eigenvalue weighted by Gasteiger charge is -2.18. The van der Waals surface area contributed by atoms with Crippen molar-refractivity contribution in [2.75, 3.05) is 5.75 Å². The highest BCUT2D eigenvalue weighted by atomic mass is 32.2. The van der Waals surface area contributed by atoms with Gasteiger partial charge >= 0.3 is 0 Å². The fourth-order valence-corrected chi connectivity index (χ4v) is 1.37. The first kappa shape index (κ1) is 20.3. The zero-order valence-electron chi connectivity index (χ0n) is 11.7. The molecule has 2 N–H and O–H groups in total. The molecule has 0 aromatic rings. The summed E-state index contributed by atoms with van der Waals surface area (Å²) in [6.07, 6.45) is 0. The fourth-order valence-electron chi connectivity index (χ4n) is 0.457. The van der Waals surface area contributed by atoms with E-state index in [1.54, 1.807) is 11.8 Å². The quantitative estimate of drug-likeness (QED) is 0.810. The van der Waals surface area contributed by atoms with E-state index in [-0.39, 0.29) is 16.6 Å². The molecule has 0 heterocycles. The Hall–Kier alpha value is -0.180. The number of hydrogen-bond donors (Lipinski definition) is 1. The van der Waals surface area contributed by atoms with Gasteiger partial charge in [0.05, 0.1) is 0 Å². The van der Waals surface area contributed by atoms with Crippen molar-refractivity contribution in [2.24, 2.45) is 11.7 Å². The Labute approximate surface area is 100 Å². The molecular formula is C12H29NOS. The monoisotopic (exact) mass is 235 g/mol. The summed E-state index contributed by atoms with van der Waals surface area (Å²) in [5.41, 5.74) is 5.11. The summed E-state index contributed by atoms with van der Waals surface area (Å²) in [4.78, 5) is 10.6. The molecule has 1 atom stereocenters. The SMILES string of the molecule is CC.CC.CC(CSC(C)(C)C)C(N)=O. The molecule has 0 aromatic heterocycles. The fraction of sp³-hybridized carbons (Fsp3) is 0.917. The molecular weight excluding hydrogens is 206 g/mol. The zero-order valence-corrected chi connectivity index (χ0v) is 12.5. The van der Waals surface area contributed by atoms with Crippen LogP contribution in [0.5, 0.6) is 0 Å². The lowest BCUT2D eigenvalue weighted by molar-refractivity contribution is -0.120. The van der Waals surface area contributed by atoms with Gasteiger partial charge in [0.2, 0.25) is 5.91 Å². The van der Waals surface area contributed by atoms with Crippen LogP contribution in [0.3, 0.4) is 0 Å². The number of rotatable bonds is 3. The maximum atomic E-state index is 10.6. The van der Waals surface area contributed by atoms with E-state index in [0.29, 0.717) is 0 Å². The molecule has 0 aliphatic heterocycles. The maximum Gasteiger partial charge on any atom is 0.221 e. The Kier molecular flexibility index (Phi) is 16.1. The van der Waals surface area contributed by atoms with Gasteiger partial charge in [-0.05, 0) is 0 Å². The van der Waals surface area contributed by atoms with Gasteiger partial charge in [-0.15, -0.1) is 0 Å². The largest absolute Gasteiger partial charge is 0.369 e. The van der Waals surface area contributed by atoms with Gasteiger partial charge in [-0.3, -0.25) is 4.79 Å². The molecule has 0 aliphatic carbocycles. The van der Waals surface area contributed by atoms with E-state index in [0.717, 1.165) is 5.75 Å². The van der Waals surface area contributed by atoms with Gasteiger partial charge in [0.15, 0.2) is 0 Å². The molecule has 0 aliphatic rings. The Bertz CT molecular complexity index is 141. The van der Waals surface area contributed by atoms with Gasteiger partial charge in [-0.25, -0.2) is 0 Å². The van der Waals surface area contributed by atoms with Crippen LogP contribution in [0.2, 0.25) is 0 Å². The van der Waals surface area contributed by atoms with E-state index in [1.165, 1.54) is 0 Å². The molecule has 94 valence electrons. The summed E-state index contributed by atoms with van der Waals surface area (Å²) in [5, 5.41) is 0. The van der Waals surface area contributed by atoms with Crippen molar-refractivity contribution in [1.82, 2.24) is 0 Å². The van der Waals surface area contributed by atoms with E-state index >= 15 is 0 Å². The van der Waals surface area contributed by atoms with E-state index in [9.17, 15) is 4.79 Å². The van der Waals surface area contributed by atoms with Crippen molar-refractivity contribution >= 4 is 17.7 Å². The minimum absolute atomic E-state index is 0.0146. The summed E-state index contributed by atoms with van der Waals surface area (Å²) in [6.45, 7) is 16.3. The molecule has 2 nitrogen and oxygen atoms in total. The van der Waals surface area contributed by atoms with E-state index < -0.39 is 0 Å². The molecule has 0 radical (unpaired) electrons. The topological polar surface area (TPSA) is 43.1 Å². The summed E-state index contributed by atoms with van der Waals surface area (Å²) in [6, 6.07) is 0. The second kappa shape index (κ2) is 11.9. The van der Waals surface area contributed by atoms with Crippen LogP contribution in [0.4, 0.5) is 0 Å². The predicted octanol–water partition coefficient (Wildman–Crippen LogP) is 3.69. The van der Waals surface area contributed by atoms with Crippen molar-refractivity contribution in [1.29, 1.82) is 0 Å². The van der Waals surface area contributed by atoms with Crippen molar-refractivity contribution in [2.45, 2.75) is 60.1 Å². The van der Waals surface area contributed by atoms with Gasteiger partial charge in [0.25, 0.3) is 0 Å². The Morgan fingerprint density at radius 2 is 1.53 bits per heavy atom. The second-order valence-corrected chi connectivity index (χ2v) is 5.57. The number of primary amides is 1. The average molecular weight is 235 g/mol. The minimum Gasteiger partial charge on any atom is -0.369 e. The van der Waals surface area contributed by atoms with Crippen molar-refractivity contribution < 1.29 is 4.79 Å². The van der Waals surface area contributed by atoms with Crippen LogP contribution >= 0.6 is 11.8 Å². The van der Waals surface area contributed by atoms with Crippen LogP contribution in [0.1, 0.15) is 55.4 Å². The summed E-state index contributed by atoms with van der Waals surface area (Å²) in [7, 11) is 0. The first-order valence-corrected chi connectivity index (χ1v) is 6.75. The third-order valence-electron chi connectivity index (χ3n) is 1.25. The third-order valence-corrected chi connectivity index (χ3v) is 2.78. The van der Waals surface area contributed by atoms with Gasteiger partial charge in [0, 0.05) is 16.4 Å². The van der Waals surface area contributed by atoms with Gasteiger partial charge < -0.3 is 5.73 Å². The maximum absolute atomic E-state index is 10.6. The van der Waals surface area contributed by atoms with Crippen LogP contribution in [0.15, 0.2) is 0 Å². The summed E-state index contributed by atoms with van der Waals surface area (Å²) >= 11 is 1.77. The second-order valence-electron chi connectivity index (χ2n) is 3.73. The Morgan fingerprint density at radius 3 is 1.73 bits per heavy atom. The lowest BCUT2D eigenvalue weighted by atomic mass is 10.2. The first-order valence-electron chi connectivity index (χ1n) is 5.76. The molecule has 1 amide bonds. The van der Waals surface area contributed by atoms with Gasteiger partial charge in [-0.1, -0.05) is 55.4 Å². The standard InChI is InChI=1S/C8H17NOS.2C2H6/c1-6(7(9)10)5-11-8(2,3)4;2*1-2/h6H,5H2,1-4H3,(H2,9,10);2*1-2H3. The molecule has 0 rings (SSSR count). The van der Waals surface area contributed by atoms with Crippen molar-refractivity contribution in [3.05, 3.63) is 0 Å². The van der Waals surface area contributed by atoms with Gasteiger partial charge in [-0.2, -0.15) is 11.8 Å². The molecule has 0 saturated heterocycles. The Morgan fingerprint density at radius 1 is 1.20 bits per heavy atom. The molecule has 0 saturated carbocycles. The van der Waals surface area contributed by atoms with Crippen molar-refractivity contribution in [3.8, 4) is 0 Å². The summed E-state index contributed by atoms with van der Waals surface area (Å²) in [5.74, 6) is 0.597. The number of amides is 1. The average Bonchev–Trinajstić information content (AvgIpc) is 2.19. The number of thioether (sulfide) groups is 1. The zero-order chi connectivity index (χ0) is 13.1. The highest BCUT2D eigenvalue weighted by Gasteiger charge is 2.15. The van der Waals surface area contributed by atoms with Crippen LogP contribution < -0.4 is 5.73 Å². The molecule has 1 unspecified atom stereocenters. The number of carbonyl (C=O) groups is 1. The molecule has 0 fully saturated rings. The van der Waals surface area contributed by atoms with Crippen LogP contribution in [-0.2, 0) is 4.79 Å². The molecule has 0 bridgehead atoms. The normalized spacial score (nSPS) is 11.5. The highest BCUT2D eigenvalue weighted by Crippen LogP contribution is 2.24. The van der Waals surface area contributed by atoms with Crippen LogP contribution in [-0.4, -0.2) is 16.4 Å².